The first-order chi connectivity index (χ1) is 16.4. The van der Waals surface area contributed by atoms with Gasteiger partial charge < -0.3 is 4.18 Å². The van der Waals surface area contributed by atoms with Crippen LogP contribution in [0.5, 0.6) is 5.75 Å². The van der Waals surface area contributed by atoms with Crippen molar-refractivity contribution in [1.82, 2.24) is 0 Å². The molecule has 4 rings (SSSR count). The molecule has 0 fully saturated rings. The van der Waals surface area contributed by atoms with Crippen LogP contribution in [0.15, 0.2) is 60.7 Å². The highest BCUT2D eigenvalue weighted by Crippen LogP contribution is 2.55. The quantitative estimate of drug-likeness (QED) is 0.141. The largest absolute Gasteiger partial charge is 0.460 e. The van der Waals surface area contributed by atoms with Gasteiger partial charge in [0.05, 0.1) is 0 Å². The minimum absolute atomic E-state index is 0.148. The van der Waals surface area contributed by atoms with Crippen LogP contribution in [0.2, 0.25) is 5.02 Å². The van der Waals surface area contributed by atoms with Crippen molar-refractivity contribution in [2.24, 2.45) is 0 Å². The first-order valence-electron chi connectivity index (χ1n) is 9.61. The van der Waals surface area contributed by atoms with Crippen LogP contribution < -0.4 is 4.18 Å². The van der Waals surface area contributed by atoms with Gasteiger partial charge in [0.15, 0.2) is 0 Å². The van der Waals surface area contributed by atoms with E-state index in [9.17, 15) is 47.9 Å². The number of rotatable bonds is 5. The second-order valence-corrected chi connectivity index (χ2v) is 9.61. The number of alkyl halides is 9. The maximum absolute atomic E-state index is 14.1. The molecule has 0 amide bonds. The van der Waals surface area contributed by atoms with Crippen molar-refractivity contribution in [2.45, 2.75) is 23.3 Å². The Morgan fingerprint density at radius 1 is 0.639 bits per heavy atom. The van der Waals surface area contributed by atoms with Crippen molar-refractivity contribution in [3.63, 3.8) is 0 Å². The Kier molecular flexibility index (Phi) is 5.84. The van der Waals surface area contributed by atoms with E-state index < -0.39 is 39.1 Å². The maximum Gasteiger partial charge on any atom is 0.460 e. The summed E-state index contributed by atoms with van der Waals surface area (Å²) in [4.78, 5) is 0. The monoisotopic (exact) mass is 560 g/mol. The molecular formula is C22H10ClF9O3S. The smallest absolute Gasteiger partial charge is 0.378 e. The van der Waals surface area contributed by atoms with Gasteiger partial charge in [-0.25, -0.2) is 0 Å². The molecule has 0 unspecified atom stereocenters. The van der Waals surface area contributed by atoms with Crippen LogP contribution in [0, 0.1) is 0 Å². The molecule has 192 valence electrons. The predicted molar refractivity (Wildman–Crippen MR) is 114 cm³/mol. The summed E-state index contributed by atoms with van der Waals surface area (Å²) < 4.78 is 147. The molecule has 0 radical (unpaired) electrons. The third-order valence-corrected chi connectivity index (χ3v) is 7.03. The summed E-state index contributed by atoms with van der Waals surface area (Å²) in [6, 6.07) is 14.1. The fourth-order valence-electron chi connectivity index (χ4n) is 3.69. The lowest BCUT2D eigenvalue weighted by atomic mass is 9.94. The van der Waals surface area contributed by atoms with Crippen molar-refractivity contribution >= 4 is 54.0 Å². The second-order valence-electron chi connectivity index (χ2n) is 7.62. The van der Waals surface area contributed by atoms with Gasteiger partial charge in [0.25, 0.3) is 0 Å². The molecule has 0 atom stereocenters. The summed E-state index contributed by atoms with van der Waals surface area (Å²) in [7, 11) is -7.08. The molecule has 4 aromatic rings. The maximum atomic E-state index is 14.1. The van der Waals surface area contributed by atoms with E-state index in [1.807, 2.05) is 0 Å². The Morgan fingerprint density at radius 3 is 1.75 bits per heavy atom. The number of hydrogen-bond acceptors (Lipinski definition) is 3. The molecule has 0 heterocycles. The molecule has 0 aliphatic carbocycles. The Morgan fingerprint density at radius 2 is 1.17 bits per heavy atom. The summed E-state index contributed by atoms with van der Waals surface area (Å²) in [5, 5.41) is -4.09. The van der Waals surface area contributed by atoms with Crippen LogP contribution in [0.3, 0.4) is 0 Å². The predicted octanol–water partition coefficient (Wildman–Crippen LogP) is 7.93. The molecule has 0 N–H and O–H groups in total. The molecule has 0 saturated heterocycles. The molecular weight excluding hydrogens is 551 g/mol. The van der Waals surface area contributed by atoms with E-state index in [0.29, 0.717) is 26.9 Å². The van der Waals surface area contributed by atoms with E-state index in [4.69, 9.17) is 11.6 Å². The molecule has 0 spiro atoms. The van der Waals surface area contributed by atoms with Crippen LogP contribution in [0.25, 0.3) is 32.3 Å². The van der Waals surface area contributed by atoms with Crippen molar-refractivity contribution in [3.05, 3.63) is 65.7 Å². The fraction of sp³-hybridized carbons (Fsp3) is 0.182. The van der Waals surface area contributed by atoms with Gasteiger partial charge in [-0.15, -0.1) is 0 Å². The second kappa shape index (κ2) is 8.04. The molecule has 0 bridgehead atoms. The summed E-state index contributed by atoms with van der Waals surface area (Å²) in [6.45, 7) is 0. The topological polar surface area (TPSA) is 43.4 Å². The molecule has 0 aliphatic heterocycles. The molecule has 0 aliphatic rings. The van der Waals surface area contributed by atoms with Crippen LogP contribution in [-0.2, 0) is 10.1 Å². The van der Waals surface area contributed by atoms with E-state index in [-0.39, 0.29) is 10.4 Å². The van der Waals surface area contributed by atoms with Crippen molar-refractivity contribution in [1.29, 1.82) is 0 Å². The third kappa shape index (κ3) is 3.62. The number of benzene rings is 4. The van der Waals surface area contributed by atoms with Gasteiger partial charge in [0.2, 0.25) is 0 Å². The first-order valence-corrected chi connectivity index (χ1v) is 11.4. The zero-order valence-corrected chi connectivity index (χ0v) is 18.8. The molecule has 0 aromatic heterocycles. The normalized spacial score (nSPS) is 14.1. The zero-order chi connectivity index (χ0) is 26.9. The van der Waals surface area contributed by atoms with E-state index in [0.717, 1.165) is 18.2 Å². The highest BCUT2D eigenvalue weighted by Gasteiger charge is 2.86. The van der Waals surface area contributed by atoms with Crippen molar-refractivity contribution in [3.8, 4) is 5.75 Å². The van der Waals surface area contributed by atoms with Crippen molar-refractivity contribution in [2.75, 3.05) is 0 Å². The average molecular weight is 561 g/mol. The lowest BCUT2D eigenvalue weighted by molar-refractivity contribution is -0.382. The lowest BCUT2D eigenvalue weighted by Crippen LogP contribution is -2.63. The highest BCUT2D eigenvalue weighted by atomic mass is 35.5. The van der Waals surface area contributed by atoms with E-state index >= 15 is 0 Å². The number of halogens is 10. The minimum Gasteiger partial charge on any atom is -0.378 e. The van der Waals surface area contributed by atoms with Crippen molar-refractivity contribution < 1.29 is 52.1 Å². The summed E-state index contributed by atoms with van der Waals surface area (Å²) in [5.74, 6) is -15.8. The standard InChI is InChI=1S/C22H10ClF9O3S/c23-17-7-3-6-14-12-4-1-2-5-13(12)16-10-11(8-9-15(16)18(14)17)35-36(33,34)22(31,32)20(26,27)19(24,25)21(28,29)30/h1-10H. The Balaban J connectivity index is 1.88. The van der Waals surface area contributed by atoms with Gasteiger partial charge in [-0.2, -0.15) is 47.9 Å². The average Bonchev–Trinajstić information content (AvgIpc) is 2.78. The summed E-state index contributed by atoms with van der Waals surface area (Å²) in [5.41, 5.74) is 0. The van der Waals surface area contributed by atoms with Gasteiger partial charge in [0.1, 0.15) is 5.75 Å². The SMILES string of the molecule is O=S(=O)(Oc1ccc2c(c1)c1ccccc1c1cccc(Cl)c12)C(F)(F)C(F)(F)C(F)(F)C(F)(F)F. The van der Waals surface area contributed by atoms with Gasteiger partial charge in [0, 0.05) is 10.4 Å². The minimum atomic E-state index is -7.40. The van der Waals surface area contributed by atoms with Crippen LogP contribution in [0.1, 0.15) is 0 Å². The van der Waals surface area contributed by atoms with Crippen LogP contribution in [0.4, 0.5) is 39.5 Å². The van der Waals surface area contributed by atoms with E-state index in [1.54, 1.807) is 36.4 Å². The Hall–Kier alpha value is -2.93. The highest BCUT2D eigenvalue weighted by molar-refractivity contribution is 7.88. The zero-order valence-electron chi connectivity index (χ0n) is 17.2. The molecule has 0 saturated carbocycles. The number of fused-ring (bicyclic) bond motifs is 6. The molecule has 14 heteroatoms. The first kappa shape index (κ1) is 26.1. The van der Waals surface area contributed by atoms with Gasteiger partial charge in [-0.1, -0.05) is 48.0 Å². The van der Waals surface area contributed by atoms with Crippen LogP contribution in [-0.4, -0.2) is 31.7 Å². The summed E-state index contributed by atoms with van der Waals surface area (Å²) in [6.07, 6.45) is -7.18. The lowest BCUT2D eigenvalue weighted by Gasteiger charge is -2.32. The fourth-order valence-corrected chi connectivity index (χ4v) is 4.87. The molecule has 36 heavy (non-hydrogen) atoms. The third-order valence-electron chi connectivity index (χ3n) is 5.42. The van der Waals surface area contributed by atoms with Gasteiger partial charge in [-0.05, 0) is 51.2 Å². The van der Waals surface area contributed by atoms with E-state index in [2.05, 4.69) is 4.18 Å². The summed E-state index contributed by atoms with van der Waals surface area (Å²) >= 11 is 6.30. The van der Waals surface area contributed by atoms with Gasteiger partial charge >= 0.3 is 33.4 Å². The van der Waals surface area contributed by atoms with Crippen LogP contribution >= 0.6 is 11.6 Å². The van der Waals surface area contributed by atoms with E-state index in [1.165, 1.54) is 6.07 Å². The number of hydrogen-bond donors (Lipinski definition) is 0. The molecule has 4 aromatic carbocycles. The Labute approximate surface area is 201 Å². The molecule has 3 nitrogen and oxygen atoms in total. The van der Waals surface area contributed by atoms with Gasteiger partial charge in [-0.3, -0.25) is 0 Å². The Bertz CT molecular complexity index is 1620.